The van der Waals surface area contributed by atoms with E-state index < -0.39 is 0 Å². The zero-order valence-electron chi connectivity index (χ0n) is 11.8. The second kappa shape index (κ2) is 7.43. The van der Waals surface area contributed by atoms with Crippen LogP contribution in [0.3, 0.4) is 0 Å². The molecule has 4 heteroatoms. The smallest absolute Gasteiger partial charge is 0.0566 e. The van der Waals surface area contributed by atoms with E-state index in [0.717, 1.165) is 38.5 Å². The van der Waals surface area contributed by atoms with E-state index in [1.54, 1.807) is 0 Å². The van der Waals surface area contributed by atoms with Crippen molar-refractivity contribution < 1.29 is 10.2 Å². The molecular weight excluding hydrogens is 228 g/mol. The van der Waals surface area contributed by atoms with Crippen molar-refractivity contribution in [3.05, 3.63) is 0 Å². The number of hydrogen-bond donors (Lipinski definition) is 4. The first-order chi connectivity index (χ1) is 8.40. The third kappa shape index (κ3) is 5.22. The summed E-state index contributed by atoms with van der Waals surface area (Å²) in [5, 5.41) is 18.5. The Morgan fingerprint density at radius 1 is 0.722 bits per heavy atom. The lowest BCUT2D eigenvalue weighted by atomic mass is 9.85. The van der Waals surface area contributed by atoms with Crippen molar-refractivity contribution in [1.82, 2.24) is 0 Å². The molecule has 0 unspecified atom stereocenters. The van der Waals surface area contributed by atoms with Gasteiger partial charge in [-0.1, -0.05) is 13.8 Å². The topological polar surface area (TPSA) is 92.5 Å². The molecule has 0 aromatic rings. The zero-order chi connectivity index (χ0) is 13.7. The lowest BCUT2D eigenvalue weighted by molar-refractivity contribution is 0.0720. The summed E-state index contributed by atoms with van der Waals surface area (Å²) < 4.78 is 0. The molecule has 0 bridgehead atoms. The normalized spacial score (nSPS) is 45.0. The molecule has 0 amide bonds. The third-order valence-corrected chi connectivity index (χ3v) is 4.33. The van der Waals surface area contributed by atoms with E-state index in [4.69, 9.17) is 11.5 Å². The van der Waals surface area contributed by atoms with E-state index in [2.05, 4.69) is 13.8 Å². The number of aliphatic hydroxyl groups is 2. The van der Waals surface area contributed by atoms with Crippen molar-refractivity contribution in [3.63, 3.8) is 0 Å². The zero-order valence-corrected chi connectivity index (χ0v) is 11.8. The minimum atomic E-state index is -0.0928. The van der Waals surface area contributed by atoms with Crippen molar-refractivity contribution in [2.24, 2.45) is 23.3 Å². The minimum Gasteiger partial charge on any atom is -0.393 e. The Bertz CT molecular complexity index is 214. The summed E-state index contributed by atoms with van der Waals surface area (Å²) in [6.45, 7) is 4.12. The largest absolute Gasteiger partial charge is 0.393 e. The Kier molecular flexibility index (Phi) is 6.57. The van der Waals surface area contributed by atoms with Gasteiger partial charge in [-0.2, -0.15) is 0 Å². The van der Waals surface area contributed by atoms with E-state index in [1.807, 2.05) is 0 Å². The molecule has 2 saturated carbocycles. The fraction of sp³-hybridized carbons (Fsp3) is 1.00. The van der Waals surface area contributed by atoms with Crippen molar-refractivity contribution in [3.8, 4) is 0 Å². The Morgan fingerprint density at radius 3 is 1.28 bits per heavy atom. The molecule has 0 heterocycles. The van der Waals surface area contributed by atoms with Gasteiger partial charge in [0.05, 0.1) is 12.2 Å². The quantitative estimate of drug-likeness (QED) is 0.521. The molecule has 18 heavy (non-hydrogen) atoms. The van der Waals surface area contributed by atoms with Gasteiger partial charge in [0.2, 0.25) is 0 Å². The molecule has 6 N–H and O–H groups in total. The Hall–Kier alpha value is -0.160. The van der Waals surface area contributed by atoms with Crippen LogP contribution in [0.25, 0.3) is 0 Å². The standard InChI is InChI=1S/2C7H15NO/c2*1-5-4-6(8)2-3-7(5)9/h2*5-7,9H,2-4,8H2,1H3/t5-,6+,7+;5-,6-,7+/m11/s1. The SMILES string of the molecule is C[C@@H]1C[C@@H](N)CC[C@@H]1O.C[C@@H]1C[C@H](N)CC[C@@H]1O. The summed E-state index contributed by atoms with van der Waals surface area (Å²) in [6.07, 6.45) is 5.55. The van der Waals surface area contributed by atoms with Gasteiger partial charge in [-0.3, -0.25) is 0 Å². The fourth-order valence-corrected chi connectivity index (χ4v) is 2.84. The summed E-state index contributed by atoms with van der Waals surface area (Å²) in [7, 11) is 0. The summed E-state index contributed by atoms with van der Waals surface area (Å²) >= 11 is 0. The van der Waals surface area contributed by atoms with Gasteiger partial charge >= 0.3 is 0 Å². The van der Waals surface area contributed by atoms with Crippen LogP contribution in [0.15, 0.2) is 0 Å². The Morgan fingerprint density at radius 2 is 1.06 bits per heavy atom. The van der Waals surface area contributed by atoms with Gasteiger partial charge in [0.1, 0.15) is 0 Å². The average molecular weight is 258 g/mol. The Balaban J connectivity index is 0.000000180. The highest BCUT2D eigenvalue weighted by atomic mass is 16.3. The molecule has 2 fully saturated rings. The predicted molar refractivity (Wildman–Crippen MR) is 74.0 cm³/mol. The maximum atomic E-state index is 9.24. The van der Waals surface area contributed by atoms with Crippen LogP contribution < -0.4 is 11.5 Å². The molecule has 6 atom stereocenters. The molecule has 0 saturated heterocycles. The van der Waals surface area contributed by atoms with E-state index in [1.165, 1.54) is 0 Å². The van der Waals surface area contributed by atoms with Crippen LogP contribution in [0.5, 0.6) is 0 Å². The first kappa shape index (κ1) is 15.9. The van der Waals surface area contributed by atoms with Crippen LogP contribution >= 0.6 is 0 Å². The second-order valence-electron chi connectivity index (χ2n) is 6.24. The molecule has 2 aliphatic rings. The fourth-order valence-electron chi connectivity index (χ4n) is 2.84. The molecule has 0 radical (unpaired) electrons. The molecule has 0 aromatic carbocycles. The minimum absolute atomic E-state index is 0.0928. The highest BCUT2D eigenvalue weighted by molar-refractivity contribution is 4.79. The average Bonchev–Trinajstić information content (AvgIpc) is 2.30. The number of rotatable bonds is 0. The summed E-state index contributed by atoms with van der Waals surface area (Å²) in [5.41, 5.74) is 11.4. The number of aliphatic hydroxyl groups excluding tert-OH is 2. The first-order valence-electron chi connectivity index (χ1n) is 7.27. The summed E-state index contributed by atoms with van der Waals surface area (Å²) in [6, 6.07) is 0.673. The van der Waals surface area contributed by atoms with E-state index >= 15 is 0 Å². The van der Waals surface area contributed by atoms with Gasteiger partial charge < -0.3 is 21.7 Å². The lowest BCUT2D eigenvalue weighted by Gasteiger charge is -2.28. The van der Waals surface area contributed by atoms with E-state index in [0.29, 0.717) is 23.9 Å². The van der Waals surface area contributed by atoms with Crippen molar-refractivity contribution in [2.45, 2.75) is 76.7 Å². The van der Waals surface area contributed by atoms with Crippen LogP contribution in [0.2, 0.25) is 0 Å². The van der Waals surface area contributed by atoms with Crippen LogP contribution in [-0.4, -0.2) is 34.5 Å². The van der Waals surface area contributed by atoms with Gasteiger partial charge in [0.15, 0.2) is 0 Å². The van der Waals surface area contributed by atoms with Crippen molar-refractivity contribution in [1.29, 1.82) is 0 Å². The molecule has 0 aromatic heterocycles. The van der Waals surface area contributed by atoms with Gasteiger partial charge in [-0.15, -0.1) is 0 Å². The maximum absolute atomic E-state index is 9.24. The lowest BCUT2D eigenvalue weighted by Crippen LogP contribution is -2.34. The number of hydrogen-bond acceptors (Lipinski definition) is 4. The van der Waals surface area contributed by atoms with Crippen LogP contribution in [0.1, 0.15) is 52.4 Å². The highest BCUT2D eigenvalue weighted by Crippen LogP contribution is 2.23. The monoisotopic (exact) mass is 258 g/mol. The predicted octanol–water partition coefficient (Wildman–Crippen LogP) is 0.989. The van der Waals surface area contributed by atoms with E-state index in [9.17, 15) is 10.2 Å². The van der Waals surface area contributed by atoms with Crippen LogP contribution in [0, 0.1) is 11.8 Å². The van der Waals surface area contributed by atoms with Gasteiger partial charge in [0, 0.05) is 12.1 Å². The van der Waals surface area contributed by atoms with E-state index in [-0.39, 0.29) is 12.2 Å². The first-order valence-corrected chi connectivity index (χ1v) is 7.27. The Labute approximate surface area is 111 Å². The highest BCUT2D eigenvalue weighted by Gasteiger charge is 2.23. The number of nitrogens with two attached hydrogens (primary N) is 2. The maximum Gasteiger partial charge on any atom is 0.0566 e. The molecule has 4 nitrogen and oxygen atoms in total. The molecule has 0 spiro atoms. The van der Waals surface area contributed by atoms with Gasteiger partial charge in [0.25, 0.3) is 0 Å². The van der Waals surface area contributed by atoms with Crippen molar-refractivity contribution in [2.75, 3.05) is 0 Å². The third-order valence-electron chi connectivity index (χ3n) is 4.33. The van der Waals surface area contributed by atoms with Gasteiger partial charge in [-0.25, -0.2) is 0 Å². The molecule has 108 valence electrons. The second-order valence-corrected chi connectivity index (χ2v) is 6.24. The van der Waals surface area contributed by atoms with Gasteiger partial charge in [-0.05, 0) is 50.4 Å². The molecule has 2 aliphatic carbocycles. The summed E-state index contributed by atoms with van der Waals surface area (Å²) in [5.74, 6) is 0.822. The van der Waals surface area contributed by atoms with Crippen LogP contribution in [0.4, 0.5) is 0 Å². The molecule has 0 aliphatic heterocycles. The van der Waals surface area contributed by atoms with Crippen LogP contribution in [-0.2, 0) is 0 Å². The molecule has 2 rings (SSSR count). The van der Waals surface area contributed by atoms with Crippen molar-refractivity contribution >= 4 is 0 Å². The molecular formula is C14H30N2O2. The summed E-state index contributed by atoms with van der Waals surface area (Å²) in [4.78, 5) is 0.